The van der Waals surface area contributed by atoms with Gasteiger partial charge in [0.05, 0.1) is 5.71 Å². The summed E-state index contributed by atoms with van der Waals surface area (Å²) in [7, 11) is 0. The number of nitrogens with one attached hydrogen (secondary N) is 1. The van der Waals surface area contributed by atoms with Crippen LogP contribution in [-0.4, -0.2) is 11.9 Å². The molecule has 110 valence electrons. The van der Waals surface area contributed by atoms with Crippen LogP contribution in [0.15, 0.2) is 95.3 Å². The Morgan fingerprint density at radius 1 is 0.955 bits per heavy atom. The van der Waals surface area contributed by atoms with Gasteiger partial charge in [-0.3, -0.25) is 5.43 Å². The van der Waals surface area contributed by atoms with Crippen molar-refractivity contribution in [1.82, 2.24) is 5.43 Å². The van der Waals surface area contributed by atoms with Gasteiger partial charge in [0.15, 0.2) is 0 Å². The number of benzene rings is 2. The molecule has 2 rings (SSSR count). The second kappa shape index (κ2) is 8.37. The molecule has 22 heavy (non-hydrogen) atoms. The number of allylic oxidation sites excluding steroid dienone is 2. The smallest absolute Gasteiger partial charge is 0.141 e. The lowest BCUT2D eigenvalue weighted by molar-refractivity contribution is 0.870. The molecule has 0 aliphatic rings. The summed E-state index contributed by atoms with van der Waals surface area (Å²) in [6, 6.07) is 20.1. The summed E-state index contributed by atoms with van der Waals surface area (Å²) in [6.07, 6.45) is 5.11. The Bertz CT molecular complexity index is 642. The molecule has 2 aromatic rings. The number of rotatable bonds is 6. The van der Waals surface area contributed by atoms with Gasteiger partial charge >= 0.3 is 0 Å². The molecule has 0 aliphatic carbocycles. The minimum Gasteiger partial charge on any atom is -0.261 e. The summed E-state index contributed by atoms with van der Waals surface area (Å²) in [5, 5.41) is 4.54. The van der Waals surface area contributed by atoms with Gasteiger partial charge in [0.25, 0.3) is 0 Å². The highest BCUT2D eigenvalue weighted by Gasteiger charge is 2.06. The Labute approximate surface area is 131 Å². The lowest BCUT2D eigenvalue weighted by Gasteiger charge is -2.08. The van der Waals surface area contributed by atoms with Gasteiger partial charge < -0.3 is 0 Å². The second-order valence-electron chi connectivity index (χ2n) is 4.49. The molecule has 0 aromatic heterocycles. The van der Waals surface area contributed by atoms with E-state index in [-0.39, 0.29) is 0 Å². The van der Waals surface area contributed by atoms with Gasteiger partial charge in [-0.15, -0.1) is 0 Å². The minimum atomic E-state index is 0.671. The molecule has 0 radical (unpaired) electrons. The first kappa shape index (κ1) is 15.4. The zero-order valence-corrected chi connectivity index (χ0v) is 12.6. The second-order valence-corrected chi connectivity index (χ2v) is 4.49. The number of hydrogen-bond donors (Lipinski definition) is 1. The minimum absolute atomic E-state index is 0.671. The molecule has 0 bridgehead atoms. The SMILES string of the molecule is C=C/C=N\C(=C/C)NN=C(c1ccccc1)c1ccccc1. The molecule has 3 heteroatoms. The number of nitrogens with zero attached hydrogens (tertiary/aromatic N) is 2. The summed E-state index contributed by atoms with van der Waals surface area (Å²) in [6.45, 7) is 5.52. The van der Waals surface area contributed by atoms with Gasteiger partial charge in [-0.1, -0.05) is 73.3 Å². The lowest BCUT2D eigenvalue weighted by atomic mass is 10.0. The third-order valence-corrected chi connectivity index (χ3v) is 2.97. The van der Waals surface area contributed by atoms with Crippen molar-refractivity contribution in [1.29, 1.82) is 0 Å². The molecular formula is C19H19N3. The third kappa shape index (κ3) is 4.28. The normalized spacial score (nSPS) is 11.2. The van der Waals surface area contributed by atoms with E-state index in [1.165, 1.54) is 0 Å². The fourth-order valence-corrected chi connectivity index (χ4v) is 1.90. The average molecular weight is 289 g/mol. The van der Waals surface area contributed by atoms with E-state index < -0.39 is 0 Å². The molecular weight excluding hydrogens is 270 g/mol. The summed E-state index contributed by atoms with van der Waals surface area (Å²) in [4.78, 5) is 4.22. The van der Waals surface area contributed by atoms with E-state index in [9.17, 15) is 0 Å². The first-order valence-corrected chi connectivity index (χ1v) is 7.11. The summed E-state index contributed by atoms with van der Waals surface area (Å²) < 4.78 is 0. The number of aliphatic imine (C=N–C) groups is 1. The van der Waals surface area contributed by atoms with Crippen LogP contribution in [0.3, 0.4) is 0 Å². The number of hydrazone groups is 1. The predicted molar refractivity (Wildman–Crippen MR) is 94.1 cm³/mol. The van der Waals surface area contributed by atoms with Crippen molar-refractivity contribution in [2.24, 2.45) is 10.1 Å². The summed E-state index contributed by atoms with van der Waals surface area (Å²) >= 11 is 0. The Morgan fingerprint density at radius 2 is 1.50 bits per heavy atom. The molecule has 1 N–H and O–H groups in total. The summed E-state index contributed by atoms with van der Waals surface area (Å²) in [5.74, 6) is 0.671. The van der Waals surface area contributed by atoms with Crippen LogP contribution < -0.4 is 5.43 Å². The first-order chi connectivity index (χ1) is 10.8. The van der Waals surface area contributed by atoms with Crippen molar-refractivity contribution >= 4 is 11.9 Å². The molecule has 0 saturated heterocycles. The fourth-order valence-electron chi connectivity index (χ4n) is 1.90. The van der Waals surface area contributed by atoms with E-state index >= 15 is 0 Å². The first-order valence-electron chi connectivity index (χ1n) is 7.11. The Kier molecular flexibility index (Phi) is 5.88. The third-order valence-electron chi connectivity index (χ3n) is 2.97. The van der Waals surface area contributed by atoms with Gasteiger partial charge in [0, 0.05) is 17.3 Å². The van der Waals surface area contributed by atoms with E-state index in [2.05, 4.69) is 22.1 Å². The molecule has 0 heterocycles. The van der Waals surface area contributed by atoms with Gasteiger partial charge in [-0.25, -0.2) is 4.99 Å². The van der Waals surface area contributed by atoms with E-state index in [0.29, 0.717) is 5.82 Å². The molecule has 0 aliphatic heterocycles. The quantitative estimate of drug-likeness (QED) is 0.629. The van der Waals surface area contributed by atoms with Crippen LogP contribution in [-0.2, 0) is 0 Å². The van der Waals surface area contributed by atoms with Crippen LogP contribution in [0.4, 0.5) is 0 Å². The molecule has 0 amide bonds. The molecule has 0 spiro atoms. The molecule has 0 fully saturated rings. The number of hydrogen-bond acceptors (Lipinski definition) is 3. The van der Waals surface area contributed by atoms with Gasteiger partial charge in [0.1, 0.15) is 5.82 Å². The maximum atomic E-state index is 4.54. The molecule has 3 nitrogen and oxygen atoms in total. The topological polar surface area (TPSA) is 36.8 Å². The van der Waals surface area contributed by atoms with Crippen molar-refractivity contribution < 1.29 is 0 Å². The van der Waals surface area contributed by atoms with Crippen molar-refractivity contribution in [3.63, 3.8) is 0 Å². The van der Waals surface area contributed by atoms with Gasteiger partial charge in [0.2, 0.25) is 0 Å². The van der Waals surface area contributed by atoms with Crippen molar-refractivity contribution in [2.45, 2.75) is 6.92 Å². The standard InChI is InChI=1S/C19H19N3/c1-3-15-20-18(4-2)21-22-19(16-11-7-5-8-12-16)17-13-9-6-10-14-17/h3-15,21H,1H2,2H3/b18-4+,20-15-. The largest absolute Gasteiger partial charge is 0.261 e. The van der Waals surface area contributed by atoms with Gasteiger partial charge in [-0.05, 0) is 13.0 Å². The molecule has 0 atom stereocenters. The highest BCUT2D eigenvalue weighted by atomic mass is 15.3. The maximum Gasteiger partial charge on any atom is 0.141 e. The molecule has 0 unspecified atom stereocenters. The van der Waals surface area contributed by atoms with Crippen LogP contribution in [0.25, 0.3) is 0 Å². The molecule has 2 aromatic carbocycles. The van der Waals surface area contributed by atoms with Crippen molar-refractivity contribution in [2.75, 3.05) is 0 Å². The van der Waals surface area contributed by atoms with Crippen LogP contribution in [0, 0.1) is 0 Å². The lowest BCUT2D eigenvalue weighted by Crippen LogP contribution is -2.11. The van der Waals surface area contributed by atoms with Crippen molar-refractivity contribution in [3.8, 4) is 0 Å². The Morgan fingerprint density at radius 3 is 1.95 bits per heavy atom. The Balaban J connectivity index is 2.35. The van der Waals surface area contributed by atoms with E-state index in [4.69, 9.17) is 0 Å². The van der Waals surface area contributed by atoms with Crippen LogP contribution in [0.5, 0.6) is 0 Å². The van der Waals surface area contributed by atoms with Crippen LogP contribution in [0.2, 0.25) is 0 Å². The van der Waals surface area contributed by atoms with E-state index in [0.717, 1.165) is 16.8 Å². The zero-order chi connectivity index (χ0) is 15.6. The van der Waals surface area contributed by atoms with Crippen LogP contribution >= 0.6 is 0 Å². The Hall–Kier alpha value is -2.94. The van der Waals surface area contributed by atoms with Crippen LogP contribution in [0.1, 0.15) is 18.1 Å². The monoisotopic (exact) mass is 289 g/mol. The average Bonchev–Trinajstić information content (AvgIpc) is 2.59. The highest BCUT2D eigenvalue weighted by Crippen LogP contribution is 2.10. The maximum absolute atomic E-state index is 4.54. The predicted octanol–water partition coefficient (Wildman–Crippen LogP) is 4.15. The fraction of sp³-hybridized carbons (Fsp3) is 0.0526. The highest BCUT2D eigenvalue weighted by molar-refractivity contribution is 6.12. The van der Waals surface area contributed by atoms with Gasteiger partial charge in [-0.2, -0.15) is 5.10 Å². The van der Waals surface area contributed by atoms with Crippen molar-refractivity contribution in [3.05, 3.63) is 96.3 Å². The van der Waals surface area contributed by atoms with E-state index in [1.54, 1.807) is 12.3 Å². The van der Waals surface area contributed by atoms with E-state index in [1.807, 2.05) is 73.7 Å². The molecule has 0 saturated carbocycles. The zero-order valence-electron chi connectivity index (χ0n) is 12.6. The summed E-state index contributed by atoms with van der Waals surface area (Å²) in [5.41, 5.74) is 5.97.